The lowest BCUT2D eigenvalue weighted by Crippen LogP contribution is -2.48. The average molecular weight is 287 g/mol. The molecule has 2 rings (SSSR count). The number of anilines is 1. The maximum atomic E-state index is 7.82. The molecule has 1 aromatic rings. The normalized spacial score (nSPS) is 29.3. The number of hydrogen-bond donors (Lipinski definition) is 3. The number of nitrogen functional groups attached to an aromatic ring is 1. The molecule has 1 aliphatic carbocycles. The van der Waals surface area contributed by atoms with Crippen LogP contribution in [0.15, 0.2) is 18.2 Å². The Hall–Kier alpha value is -1.35. The van der Waals surface area contributed by atoms with Crippen molar-refractivity contribution >= 4 is 11.9 Å². The Balaban J connectivity index is 2.61. The Labute approximate surface area is 128 Å². The van der Waals surface area contributed by atoms with E-state index >= 15 is 0 Å². The Bertz CT molecular complexity index is 495. The van der Waals surface area contributed by atoms with Gasteiger partial charge >= 0.3 is 0 Å². The highest BCUT2D eigenvalue weighted by Crippen LogP contribution is 2.50. The summed E-state index contributed by atoms with van der Waals surface area (Å²) in [6, 6.07) is 6.16. The van der Waals surface area contributed by atoms with Gasteiger partial charge in [-0.2, -0.15) is 0 Å². The first-order chi connectivity index (χ1) is 10.1. The third-order valence-corrected chi connectivity index (χ3v) is 5.62. The molecule has 0 spiro atoms. The first-order valence-corrected chi connectivity index (χ1v) is 8.15. The van der Waals surface area contributed by atoms with E-state index in [4.69, 9.17) is 11.1 Å². The zero-order chi connectivity index (χ0) is 15.5. The van der Waals surface area contributed by atoms with Crippen molar-refractivity contribution in [2.24, 2.45) is 11.8 Å². The van der Waals surface area contributed by atoms with Crippen molar-refractivity contribution < 1.29 is 0 Å². The van der Waals surface area contributed by atoms with Gasteiger partial charge in [0.15, 0.2) is 0 Å². The largest absolute Gasteiger partial charge is 0.398 e. The molecule has 3 unspecified atom stereocenters. The van der Waals surface area contributed by atoms with Gasteiger partial charge in [0.05, 0.1) is 0 Å². The molecule has 0 aromatic heterocycles. The lowest BCUT2D eigenvalue weighted by molar-refractivity contribution is 0.109. The van der Waals surface area contributed by atoms with Gasteiger partial charge in [-0.25, -0.2) is 0 Å². The van der Waals surface area contributed by atoms with Crippen LogP contribution in [0, 0.1) is 17.2 Å². The molecule has 4 N–H and O–H groups in total. The molecule has 3 nitrogen and oxygen atoms in total. The summed E-state index contributed by atoms with van der Waals surface area (Å²) in [5.74, 6) is 1.23. The molecule has 1 fully saturated rings. The minimum absolute atomic E-state index is 0.128. The van der Waals surface area contributed by atoms with E-state index < -0.39 is 0 Å². The monoisotopic (exact) mass is 287 g/mol. The number of nitrogens with one attached hydrogen (secondary N) is 2. The molecule has 1 aliphatic rings. The second-order valence-corrected chi connectivity index (χ2v) is 6.43. The highest BCUT2D eigenvalue weighted by molar-refractivity contribution is 5.87. The van der Waals surface area contributed by atoms with Gasteiger partial charge in [-0.15, -0.1) is 0 Å². The van der Waals surface area contributed by atoms with E-state index in [1.165, 1.54) is 31.0 Å². The Morgan fingerprint density at radius 3 is 2.81 bits per heavy atom. The molecule has 0 heterocycles. The SMILES string of the molecule is CCC1(c2cccc(N)c2C=N)C(C)CCCC1CNC. The summed E-state index contributed by atoms with van der Waals surface area (Å²) in [5, 5.41) is 11.2. The summed E-state index contributed by atoms with van der Waals surface area (Å²) in [4.78, 5) is 0. The Morgan fingerprint density at radius 1 is 1.43 bits per heavy atom. The van der Waals surface area contributed by atoms with E-state index in [-0.39, 0.29) is 5.41 Å². The van der Waals surface area contributed by atoms with Crippen molar-refractivity contribution in [3.05, 3.63) is 29.3 Å². The van der Waals surface area contributed by atoms with Crippen LogP contribution in [0.1, 0.15) is 50.7 Å². The molecule has 21 heavy (non-hydrogen) atoms. The number of rotatable bonds is 5. The van der Waals surface area contributed by atoms with Crippen molar-refractivity contribution in [2.45, 2.75) is 44.9 Å². The van der Waals surface area contributed by atoms with Crippen LogP contribution in [0.4, 0.5) is 5.69 Å². The maximum Gasteiger partial charge on any atom is 0.0406 e. The lowest BCUT2D eigenvalue weighted by Gasteiger charge is -2.50. The van der Waals surface area contributed by atoms with E-state index in [9.17, 15) is 0 Å². The number of benzene rings is 1. The third-order valence-electron chi connectivity index (χ3n) is 5.62. The van der Waals surface area contributed by atoms with Gasteiger partial charge in [0.1, 0.15) is 0 Å². The van der Waals surface area contributed by atoms with E-state index in [2.05, 4.69) is 25.2 Å². The topological polar surface area (TPSA) is 61.9 Å². The smallest absolute Gasteiger partial charge is 0.0406 e. The molecule has 0 radical (unpaired) electrons. The zero-order valence-electron chi connectivity index (χ0n) is 13.6. The summed E-state index contributed by atoms with van der Waals surface area (Å²) in [6.45, 7) is 5.70. The molecule has 0 saturated heterocycles. The van der Waals surface area contributed by atoms with Crippen LogP contribution < -0.4 is 11.1 Å². The summed E-state index contributed by atoms with van der Waals surface area (Å²) in [5.41, 5.74) is 9.22. The van der Waals surface area contributed by atoms with Crippen LogP contribution in [0.3, 0.4) is 0 Å². The van der Waals surface area contributed by atoms with E-state index in [0.29, 0.717) is 11.8 Å². The molecule has 0 amide bonds. The van der Waals surface area contributed by atoms with Gasteiger partial charge in [-0.05, 0) is 56.3 Å². The van der Waals surface area contributed by atoms with Crippen molar-refractivity contribution in [1.29, 1.82) is 5.41 Å². The van der Waals surface area contributed by atoms with Gasteiger partial charge in [0.25, 0.3) is 0 Å². The molecule has 0 bridgehead atoms. The molecule has 116 valence electrons. The van der Waals surface area contributed by atoms with Gasteiger partial charge < -0.3 is 16.5 Å². The Morgan fingerprint density at radius 2 is 2.19 bits per heavy atom. The zero-order valence-corrected chi connectivity index (χ0v) is 13.6. The quantitative estimate of drug-likeness (QED) is 0.572. The first kappa shape index (κ1) is 16.0. The fourth-order valence-corrected chi connectivity index (χ4v) is 4.58. The van der Waals surface area contributed by atoms with Crippen LogP contribution in [0.5, 0.6) is 0 Å². The first-order valence-electron chi connectivity index (χ1n) is 8.15. The molecular formula is C18H29N3. The van der Waals surface area contributed by atoms with Gasteiger partial charge in [-0.3, -0.25) is 0 Å². The van der Waals surface area contributed by atoms with E-state index in [1.54, 1.807) is 0 Å². The second-order valence-electron chi connectivity index (χ2n) is 6.43. The number of hydrogen-bond acceptors (Lipinski definition) is 3. The van der Waals surface area contributed by atoms with Crippen molar-refractivity contribution in [2.75, 3.05) is 19.3 Å². The molecule has 3 heteroatoms. The van der Waals surface area contributed by atoms with Crippen molar-refractivity contribution in [1.82, 2.24) is 5.32 Å². The molecule has 1 saturated carbocycles. The summed E-state index contributed by atoms with van der Waals surface area (Å²) >= 11 is 0. The molecule has 0 aliphatic heterocycles. The van der Waals surface area contributed by atoms with Gasteiger partial charge in [0.2, 0.25) is 0 Å². The van der Waals surface area contributed by atoms with Crippen LogP contribution in [-0.2, 0) is 5.41 Å². The Kier molecular flexibility index (Phi) is 5.04. The summed E-state index contributed by atoms with van der Waals surface area (Å²) in [7, 11) is 2.04. The predicted molar refractivity (Wildman–Crippen MR) is 91.1 cm³/mol. The van der Waals surface area contributed by atoms with Crippen LogP contribution in [-0.4, -0.2) is 19.8 Å². The van der Waals surface area contributed by atoms with E-state index in [1.807, 2.05) is 19.2 Å². The standard InChI is InChI=1S/C18H29N3/c1-4-18(13(2)7-5-8-14(18)12-21-3)16-9-6-10-17(20)15(16)11-19/h6,9-11,13-14,19,21H,4-5,7-8,12,20H2,1-3H3. The number of nitrogens with two attached hydrogens (primary N) is 1. The summed E-state index contributed by atoms with van der Waals surface area (Å²) < 4.78 is 0. The highest BCUT2D eigenvalue weighted by Gasteiger charge is 2.46. The van der Waals surface area contributed by atoms with Crippen molar-refractivity contribution in [3.63, 3.8) is 0 Å². The van der Waals surface area contributed by atoms with Crippen LogP contribution >= 0.6 is 0 Å². The lowest BCUT2D eigenvalue weighted by atomic mass is 9.55. The molecule has 3 atom stereocenters. The minimum atomic E-state index is 0.128. The van der Waals surface area contributed by atoms with Crippen LogP contribution in [0.2, 0.25) is 0 Å². The summed E-state index contributed by atoms with van der Waals surface area (Å²) in [6.07, 6.45) is 6.37. The predicted octanol–water partition coefficient (Wildman–Crippen LogP) is 3.57. The fraction of sp³-hybridized carbons (Fsp3) is 0.611. The van der Waals surface area contributed by atoms with E-state index in [0.717, 1.165) is 24.2 Å². The van der Waals surface area contributed by atoms with Crippen molar-refractivity contribution in [3.8, 4) is 0 Å². The maximum absolute atomic E-state index is 7.82. The third kappa shape index (κ3) is 2.59. The minimum Gasteiger partial charge on any atom is -0.398 e. The van der Waals surface area contributed by atoms with Gasteiger partial charge in [-0.1, -0.05) is 32.4 Å². The average Bonchev–Trinajstić information content (AvgIpc) is 2.48. The second kappa shape index (κ2) is 6.61. The highest BCUT2D eigenvalue weighted by atomic mass is 14.8. The van der Waals surface area contributed by atoms with Crippen LogP contribution in [0.25, 0.3) is 0 Å². The molecular weight excluding hydrogens is 258 g/mol. The van der Waals surface area contributed by atoms with Gasteiger partial charge in [0, 0.05) is 22.9 Å². The molecule has 1 aromatic carbocycles. The fourth-order valence-electron chi connectivity index (χ4n) is 4.58.